The molecular weight excluding hydrogens is 204 g/mol. The Labute approximate surface area is 101 Å². The van der Waals surface area contributed by atoms with Crippen LogP contribution < -0.4 is 0 Å². The van der Waals surface area contributed by atoms with Gasteiger partial charge in [-0.15, -0.1) is 0 Å². The minimum Gasteiger partial charge on any atom is -0.0830 e. The lowest BCUT2D eigenvalue weighted by atomic mass is 9.78. The third-order valence-corrected chi connectivity index (χ3v) is 4.07. The van der Waals surface area contributed by atoms with Gasteiger partial charge in [0.25, 0.3) is 0 Å². The van der Waals surface area contributed by atoms with E-state index < -0.39 is 0 Å². The number of benzene rings is 2. The van der Waals surface area contributed by atoms with E-state index in [1.54, 1.807) is 5.56 Å². The fraction of sp³-hybridized carbons (Fsp3) is 0.176. The topological polar surface area (TPSA) is 0 Å². The highest BCUT2D eigenvalue weighted by atomic mass is 14.3. The molecule has 0 heterocycles. The normalized spacial score (nSPS) is 19.9. The molecule has 0 spiro atoms. The number of hydrogen-bond donors (Lipinski definition) is 0. The van der Waals surface area contributed by atoms with Gasteiger partial charge in [-0.1, -0.05) is 48.6 Å². The summed E-state index contributed by atoms with van der Waals surface area (Å²) in [5.41, 5.74) is 5.72. The van der Waals surface area contributed by atoms with Crippen LogP contribution in [0.15, 0.2) is 36.4 Å². The van der Waals surface area contributed by atoms with Crippen molar-refractivity contribution in [3.8, 4) is 0 Å². The lowest BCUT2D eigenvalue weighted by molar-refractivity contribution is 0.861. The summed E-state index contributed by atoms with van der Waals surface area (Å²) in [5, 5.41) is 2.91. The first kappa shape index (κ1) is 9.23. The van der Waals surface area contributed by atoms with E-state index in [0.29, 0.717) is 5.92 Å². The second kappa shape index (κ2) is 3.10. The van der Waals surface area contributed by atoms with Crippen LogP contribution in [0.3, 0.4) is 0 Å². The fourth-order valence-corrected chi connectivity index (χ4v) is 3.20. The van der Waals surface area contributed by atoms with Gasteiger partial charge in [0.2, 0.25) is 0 Å². The monoisotopic (exact) mass is 218 g/mol. The van der Waals surface area contributed by atoms with Crippen molar-refractivity contribution >= 4 is 22.9 Å². The van der Waals surface area contributed by atoms with Crippen molar-refractivity contribution in [1.82, 2.24) is 0 Å². The first-order valence-corrected chi connectivity index (χ1v) is 6.25. The molecule has 0 amide bonds. The second-order valence-electron chi connectivity index (χ2n) is 5.07. The Morgan fingerprint density at radius 1 is 1.00 bits per heavy atom. The Kier molecular flexibility index (Phi) is 1.69. The average Bonchev–Trinajstić information content (AvgIpc) is 2.38. The minimum atomic E-state index is 0.591. The zero-order valence-electron chi connectivity index (χ0n) is 9.90. The first-order chi connectivity index (χ1) is 8.34. The molecule has 2 aliphatic carbocycles. The molecule has 0 radical (unpaired) electrons. The zero-order chi connectivity index (χ0) is 11.4. The summed E-state index contributed by atoms with van der Waals surface area (Å²) in [7, 11) is 0. The van der Waals surface area contributed by atoms with Gasteiger partial charge in [0.1, 0.15) is 0 Å². The van der Waals surface area contributed by atoms with Crippen LogP contribution >= 0.6 is 0 Å². The van der Waals surface area contributed by atoms with Crippen molar-refractivity contribution in [3.05, 3.63) is 58.7 Å². The molecule has 0 aromatic heterocycles. The van der Waals surface area contributed by atoms with E-state index in [9.17, 15) is 0 Å². The molecule has 1 unspecified atom stereocenters. The molecular formula is C17H14. The number of hydrogen-bond acceptors (Lipinski definition) is 0. The van der Waals surface area contributed by atoms with Gasteiger partial charge in [0.05, 0.1) is 0 Å². The lowest BCUT2D eigenvalue weighted by Gasteiger charge is -2.26. The highest BCUT2D eigenvalue weighted by Crippen LogP contribution is 2.42. The van der Waals surface area contributed by atoms with Gasteiger partial charge in [0.15, 0.2) is 0 Å². The SMILES string of the molecule is Cc1ccc2c3c4c(ccc13)C=CCC4C=C2. The van der Waals surface area contributed by atoms with Crippen LogP contribution in [0.5, 0.6) is 0 Å². The van der Waals surface area contributed by atoms with E-state index in [4.69, 9.17) is 0 Å². The molecule has 0 saturated heterocycles. The van der Waals surface area contributed by atoms with E-state index in [0.717, 1.165) is 6.42 Å². The summed E-state index contributed by atoms with van der Waals surface area (Å²) in [6.07, 6.45) is 10.4. The minimum absolute atomic E-state index is 0.591. The average molecular weight is 218 g/mol. The lowest BCUT2D eigenvalue weighted by Crippen LogP contribution is -2.06. The smallest absolute Gasteiger partial charge is 0.00682 e. The van der Waals surface area contributed by atoms with E-state index >= 15 is 0 Å². The maximum Gasteiger partial charge on any atom is 0.00682 e. The maximum absolute atomic E-state index is 2.36. The summed E-state index contributed by atoms with van der Waals surface area (Å²) in [6.45, 7) is 2.21. The summed E-state index contributed by atoms with van der Waals surface area (Å²) < 4.78 is 0. The standard InChI is InChI=1S/C17H14/c1-11-5-6-14-8-7-12-3-2-4-13-9-10-15(11)17(14)16(12)13/h2,4-10,12H,3H2,1H3. The third-order valence-electron chi connectivity index (χ3n) is 4.07. The Balaban J connectivity index is 2.26. The fourth-order valence-electron chi connectivity index (χ4n) is 3.20. The Morgan fingerprint density at radius 3 is 2.82 bits per heavy atom. The van der Waals surface area contributed by atoms with Crippen LogP contribution in [0, 0.1) is 6.92 Å². The largest absolute Gasteiger partial charge is 0.0830 e. The van der Waals surface area contributed by atoms with Crippen molar-refractivity contribution in [2.75, 3.05) is 0 Å². The van der Waals surface area contributed by atoms with Crippen LogP contribution in [0.25, 0.3) is 22.9 Å². The molecule has 0 bridgehead atoms. The van der Waals surface area contributed by atoms with E-state index in [-0.39, 0.29) is 0 Å². The van der Waals surface area contributed by atoms with E-state index in [1.165, 1.54) is 27.5 Å². The number of aryl methyl sites for hydroxylation is 1. The first-order valence-electron chi connectivity index (χ1n) is 6.25. The molecule has 0 N–H and O–H groups in total. The van der Waals surface area contributed by atoms with Crippen LogP contribution in [-0.4, -0.2) is 0 Å². The Bertz CT molecular complexity index is 687. The summed E-state index contributed by atoms with van der Waals surface area (Å²) in [6, 6.07) is 9.03. The molecule has 2 aromatic rings. The highest BCUT2D eigenvalue weighted by molar-refractivity contribution is 5.99. The third kappa shape index (κ3) is 1.13. The van der Waals surface area contributed by atoms with Crippen molar-refractivity contribution in [2.24, 2.45) is 0 Å². The molecule has 17 heavy (non-hydrogen) atoms. The predicted molar refractivity (Wildman–Crippen MR) is 74.1 cm³/mol. The number of allylic oxidation sites excluding steroid dienone is 2. The highest BCUT2D eigenvalue weighted by Gasteiger charge is 2.22. The molecule has 0 nitrogen and oxygen atoms in total. The molecule has 1 atom stereocenters. The molecule has 2 aliphatic rings. The van der Waals surface area contributed by atoms with Crippen molar-refractivity contribution in [2.45, 2.75) is 19.3 Å². The molecule has 4 rings (SSSR count). The predicted octanol–water partition coefficient (Wildman–Crippen LogP) is 4.68. The van der Waals surface area contributed by atoms with Gasteiger partial charge in [-0.05, 0) is 46.4 Å². The summed E-state index contributed by atoms with van der Waals surface area (Å²) in [5.74, 6) is 0.591. The van der Waals surface area contributed by atoms with Gasteiger partial charge >= 0.3 is 0 Å². The van der Waals surface area contributed by atoms with E-state index in [2.05, 4.69) is 55.5 Å². The van der Waals surface area contributed by atoms with Gasteiger partial charge in [0, 0.05) is 5.92 Å². The second-order valence-corrected chi connectivity index (χ2v) is 5.07. The van der Waals surface area contributed by atoms with Crippen molar-refractivity contribution < 1.29 is 0 Å². The molecule has 0 heteroatoms. The Hall–Kier alpha value is -1.82. The molecule has 0 fully saturated rings. The number of rotatable bonds is 0. The van der Waals surface area contributed by atoms with Crippen molar-refractivity contribution in [3.63, 3.8) is 0 Å². The molecule has 2 aromatic carbocycles. The van der Waals surface area contributed by atoms with E-state index in [1.807, 2.05) is 0 Å². The Morgan fingerprint density at radius 2 is 1.88 bits per heavy atom. The van der Waals surface area contributed by atoms with Crippen LogP contribution in [-0.2, 0) is 0 Å². The van der Waals surface area contributed by atoms with Gasteiger partial charge in [-0.2, -0.15) is 0 Å². The van der Waals surface area contributed by atoms with Crippen LogP contribution in [0.4, 0.5) is 0 Å². The molecule has 82 valence electrons. The quantitative estimate of drug-likeness (QED) is 0.602. The van der Waals surface area contributed by atoms with Crippen molar-refractivity contribution in [1.29, 1.82) is 0 Å². The van der Waals surface area contributed by atoms with Crippen LogP contribution in [0.2, 0.25) is 0 Å². The van der Waals surface area contributed by atoms with Gasteiger partial charge < -0.3 is 0 Å². The van der Waals surface area contributed by atoms with Gasteiger partial charge in [-0.25, -0.2) is 0 Å². The van der Waals surface area contributed by atoms with Gasteiger partial charge in [-0.3, -0.25) is 0 Å². The zero-order valence-corrected chi connectivity index (χ0v) is 9.90. The van der Waals surface area contributed by atoms with Crippen LogP contribution in [0.1, 0.15) is 34.6 Å². The molecule has 0 saturated carbocycles. The maximum atomic E-state index is 2.36. The summed E-state index contributed by atoms with van der Waals surface area (Å²) in [4.78, 5) is 0. The summed E-state index contributed by atoms with van der Waals surface area (Å²) >= 11 is 0. The molecule has 0 aliphatic heterocycles.